The van der Waals surface area contributed by atoms with Crippen molar-refractivity contribution in [3.8, 4) is 0 Å². The standard InChI is InChI=1S/C15H32N2O/c1-15(2,3)7-8-16-9-10-17(4)13-14-5-11-18-12-6-14/h14,16H,5-13H2,1-4H3. The lowest BCUT2D eigenvalue weighted by atomic mass is 9.92. The predicted octanol–water partition coefficient (Wildman–Crippen LogP) is 2.37. The minimum atomic E-state index is 0.445. The summed E-state index contributed by atoms with van der Waals surface area (Å²) in [6, 6.07) is 0. The molecule has 0 spiro atoms. The third kappa shape index (κ3) is 8.06. The van der Waals surface area contributed by atoms with E-state index in [1.165, 1.54) is 25.8 Å². The molecule has 0 aliphatic carbocycles. The van der Waals surface area contributed by atoms with Gasteiger partial charge in [-0.25, -0.2) is 0 Å². The summed E-state index contributed by atoms with van der Waals surface area (Å²) in [5.41, 5.74) is 0.445. The Balaban J connectivity index is 1.97. The highest BCUT2D eigenvalue weighted by Gasteiger charge is 2.15. The van der Waals surface area contributed by atoms with Crippen molar-refractivity contribution >= 4 is 0 Å². The van der Waals surface area contributed by atoms with Crippen LogP contribution >= 0.6 is 0 Å². The van der Waals surface area contributed by atoms with E-state index >= 15 is 0 Å². The predicted molar refractivity (Wildman–Crippen MR) is 78.0 cm³/mol. The summed E-state index contributed by atoms with van der Waals surface area (Å²) < 4.78 is 5.40. The van der Waals surface area contributed by atoms with E-state index in [1.807, 2.05) is 0 Å². The molecule has 0 aromatic heterocycles. The molecule has 0 atom stereocenters. The Labute approximate surface area is 113 Å². The quantitative estimate of drug-likeness (QED) is 0.708. The number of hydrogen-bond donors (Lipinski definition) is 1. The van der Waals surface area contributed by atoms with Gasteiger partial charge in [0.15, 0.2) is 0 Å². The van der Waals surface area contributed by atoms with Crippen LogP contribution < -0.4 is 5.32 Å². The molecule has 1 fully saturated rings. The zero-order valence-corrected chi connectivity index (χ0v) is 12.8. The second kappa shape index (κ2) is 8.13. The Bertz CT molecular complexity index is 207. The van der Waals surface area contributed by atoms with E-state index in [-0.39, 0.29) is 0 Å². The molecule has 1 rings (SSSR count). The minimum absolute atomic E-state index is 0.445. The van der Waals surface area contributed by atoms with E-state index in [2.05, 4.69) is 38.0 Å². The number of rotatable bonds is 7. The molecule has 0 aromatic rings. The van der Waals surface area contributed by atoms with Gasteiger partial charge in [0.05, 0.1) is 0 Å². The zero-order valence-electron chi connectivity index (χ0n) is 12.8. The molecule has 1 N–H and O–H groups in total. The van der Waals surface area contributed by atoms with Gasteiger partial charge in [-0.3, -0.25) is 0 Å². The van der Waals surface area contributed by atoms with Crippen LogP contribution in [0.5, 0.6) is 0 Å². The van der Waals surface area contributed by atoms with Crippen molar-refractivity contribution in [2.75, 3.05) is 46.4 Å². The highest BCUT2D eigenvalue weighted by molar-refractivity contribution is 4.68. The maximum absolute atomic E-state index is 5.40. The van der Waals surface area contributed by atoms with Gasteiger partial charge in [0.1, 0.15) is 0 Å². The van der Waals surface area contributed by atoms with E-state index in [1.54, 1.807) is 0 Å². The summed E-state index contributed by atoms with van der Waals surface area (Å²) in [6.45, 7) is 13.4. The molecule has 0 radical (unpaired) electrons. The smallest absolute Gasteiger partial charge is 0.0469 e. The molecule has 0 amide bonds. The summed E-state index contributed by atoms with van der Waals surface area (Å²) in [7, 11) is 2.24. The molecule has 108 valence electrons. The van der Waals surface area contributed by atoms with Crippen LogP contribution in [0, 0.1) is 11.3 Å². The van der Waals surface area contributed by atoms with Gasteiger partial charge < -0.3 is 15.0 Å². The Morgan fingerprint density at radius 3 is 2.44 bits per heavy atom. The van der Waals surface area contributed by atoms with Gasteiger partial charge in [0.2, 0.25) is 0 Å². The first-order chi connectivity index (χ1) is 8.47. The first kappa shape index (κ1) is 15.9. The summed E-state index contributed by atoms with van der Waals surface area (Å²) in [6.07, 6.45) is 3.72. The van der Waals surface area contributed by atoms with E-state index < -0.39 is 0 Å². The van der Waals surface area contributed by atoms with Crippen molar-refractivity contribution in [1.82, 2.24) is 10.2 Å². The average molecular weight is 256 g/mol. The second-order valence-corrected chi connectivity index (χ2v) is 6.88. The van der Waals surface area contributed by atoms with Gasteiger partial charge in [-0.2, -0.15) is 0 Å². The minimum Gasteiger partial charge on any atom is -0.381 e. The maximum atomic E-state index is 5.40. The van der Waals surface area contributed by atoms with Crippen molar-refractivity contribution in [3.63, 3.8) is 0 Å². The summed E-state index contributed by atoms with van der Waals surface area (Å²) >= 11 is 0. The molecule has 18 heavy (non-hydrogen) atoms. The van der Waals surface area contributed by atoms with Crippen LogP contribution in [0.3, 0.4) is 0 Å². The first-order valence-electron chi connectivity index (χ1n) is 7.44. The molecular formula is C15H32N2O. The number of nitrogens with zero attached hydrogens (tertiary/aromatic N) is 1. The van der Waals surface area contributed by atoms with Crippen LogP contribution in [0.1, 0.15) is 40.0 Å². The molecular weight excluding hydrogens is 224 g/mol. The van der Waals surface area contributed by atoms with Crippen molar-refractivity contribution in [2.24, 2.45) is 11.3 Å². The van der Waals surface area contributed by atoms with E-state index in [9.17, 15) is 0 Å². The molecule has 0 bridgehead atoms. The number of ether oxygens (including phenoxy) is 1. The van der Waals surface area contributed by atoms with Crippen LogP contribution in [0.25, 0.3) is 0 Å². The molecule has 1 aliphatic heterocycles. The number of likely N-dealkylation sites (N-methyl/N-ethyl adjacent to an activating group) is 1. The molecule has 1 heterocycles. The summed E-state index contributed by atoms with van der Waals surface area (Å²) in [5, 5.41) is 3.54. The van der Waals surface area contributed by atoms with Gasteiger partial charge in [0.25, 0.3) is 0 Å². The van der Waals surface area contributed by atoms with Gasteiger partial charge in [0, 0.05) is 32.8 Å². The van der Waals surface area contributed by atoms with Gasteiger partial charge >= 0.3 is 0 Å². The Kier molecular flexibility index (Phi) is 7.20. The molecule has 3 nitrogen and oxygen atoms in total. The largest absolute Gasteiger partial charge is 0.381 e. The molecule has 0 saturated carbocycles. The SMILES string of the molecule is CN(CCNCCC(C)(C)C)CC1CCOCC1. The van der Waals surface area contributed by atoms with Crippen LogP contribution in [-0.4, -0.2) is 51.3 Å². The van der Waals surface area contributed by atoms with Crippen LogP contribution in [0.4, 0.5) is 0 Å². The van der Waals surface area contributed by atoms with Gasteiger partial charge in [-0.05, 0) is 44.2 Å². The van der Waals surface area contributed by atoms with Gasteiger partial charge in [-0.15, -0.1) is 0 Å². The fourth-order valence-corrected chi connectivity index (χ4v) is 2.32. The van der Waals surface area contributed by atoms with E-state index in [0.717, 1.165) is 38.8 Å². The fraction of sp³-hybridized carbons (Fsp3) is 1.00. The lowest BCUT2D eigenvalue weighted by molar-refractivity contribution is 0.0558. The topological polar surface area (TPSA) is 24.5 Å². The molecule has 3 heteroatoms. The maximum Gasteiger partial charge on any atom is 0.0469 e. The average Bonchev–Trinajstić information content (AvgIpc) is 2.28. The summed E-state index contributed by atoms with van der Waals surface area (Å²) in [5.74, 6) is 0.846. The monoisotopic (exact) mass is 256 g/mol. The Morgan fingerprint density at radius 2 is 1.83 bits per heavy atom. The molecule has 1 saturated heterocycles. The highest BCUT2D eigenvalue weighted by Crippen LogP contribution is 2.17. The van der Waals surface area contributed by atoms with Crippen molar-refractivity contribution < 1.29 is 4.74 Å². The van der Waals surface area contributed by atoms with Crippen LogP contribution in [-0.2, 0) is 4.74 Å². The van der Waals surface area contributed by atoms with Crippen molar-refractivity contribution in [1.29, 1.82) is 0 Å². The lowest BCUT2D eigenvalue weighted by Gasteiger charge is -2.27. The Morgan fingerprint density at radius 1 is 1.17 bits per heavy atom. The van der Waals surface area contributed by atoms with Crippen LogP contribution in [0.15, 0.2) is 0 Å². The van der Waals surface area contributed by atoms with E-state index in [0.29, 0.717) is 5.41 Å². The number of nitrogens with one attached hydrogen (secondary N) is 1. The van der Waals surface area contributed by atoms with Gasteiger partial charge in [-0.1, -0.05) is 20.8 Å². The summed E-state index contributed by atoms with van der Waals surface area (Å²) in [4.78, 5) is 2.46. The molecule has 1 aliphatic rings. The van der Waals surface area contributed by atoms with E-state index in [4.69, 9.17) is 4.74 Å². The van der Waals surface area contributed by atoms with Crippen molar-refractivity contribution in [2.45, 2.75) is 40.0 Å². The Hall–Kier alpha value is -0.120. The highest BCUT2D eigenvalue weighted by atomic mass is 16.5. The molecule has 0 unspecified atom stereocenters. The fourth-order valence-electron chi connectivity index (χ4n) is 2.32. The third-order valence-corrected chi connectivity index (χ3v) is 3.63. The lowest BCUT2D eigenvalue weighted by Crippen LogP contribution is -2.35. The first-order valence-corrected chi connectivity index (χ1v) is 7.44. The third-order valence-electron chi connectivity index (χ3n) is 3.63. The number of hydrogen-bond acceptors (Lipinski definition) is 3. The normalized spacial score (nSPS) is 18.5. The van der Waals surface area contributed by atoms with Crippen LogP contribution in [0.2, 0.25) is 0 Å². The zero-order chi connectivity index (χ0) is 13.4. The molecule has 0 aromatic carbocycles. The van der Waals surface area contributed by atoms with Crippen molar-refractivity contribution in [3.05, 3.63) is 0 Å². The second-order valence-electron chi connectivity index (χ2n) is 6.88.